The fraction of sp³-hybridized carbons (Fsp3) is 0.417. The van der Waals surface area contributed by atoms with Crippen LogP contribution in [-0.2, 0) is 0 Å². The van der Waals surface area contributed by atoms with Gasteiger partial charge in [0.15, 0.2) is 0 Å². The highest BCUT2D eigenvalue weighted by molar-refractivity contribution is 9.10. The first-order valence-electron chi connectivity index (χ1n) is 5.61. The SMILES string of the molecule is CCC(O)CCNC(=O)Nc1ccccc1Br. The summed E-state index contributed by atoms with van der Waals surface area (Å²) in [5.41, 5.74) is 0.723. The van der Waals surface area contributed by atoms with Gasteiger partial charge in [-0.3, -0.25) is 0 Å². The molecule has 1 aromatic carbocycles. The van der Waals surface area contributed by atoms with Crippen LogP contribution < -0.4 is 10.6 Å². The minimum Gasteiger partial charge on any atom is -0.393 e. The second-order valence-corrected chi connectivity index (χ2v) is 4.57. The van der Waals surface area contributed by atoms with E-state index in [0.29, 0.717) is 19.4 Å². The number of benzene rings is 1. The Morgan fingerprint density at radius 2 is 2.18 bits per heavy atom. The molecule has 1 unspecified atom stereocenters. The van der Waals surface area contributed by atoms with E-state index in [1.165, 1.54) is 0 Å². The average Bonchev–Trinajstić information content (AvgIpc) is 2.32. The van der Waals surface area contributed by atoms with Crippen molar-refractivity contribution in [2.75, 3.05) is 11.9 Å². The van der Waals surface area contributed by atoms with Crippen molar-refractivity contribution in [2.45, 2.75) is 25.9 Å². The number of hydrogen-bond donors (Lipinski definition) is 3. The molecule has 4 nitrogen and oxygen atoms in total. The van der Waals surface area contributed by atoms with Crippen molar-refractivity contribution in [2.24, 2.45) is 0 Å². The van der Waals surface area contributed by atoms with Crippen LogP contribution in [0.5, 0.6) is 0 Å². The smallest absolute Gasteiger partial charge is 0.319 e. The van der Waals surface area contributed by atoms with Crippen molar-refractivity contribution in [3.05, 3.63) is 28.7 Å². The third-order valence-electron chi connectivity index (χ3n) is 2.36. The fourth-order valence-electron chi connectivity index (χ4n) is 1.29. The van der Waals surface area contributed by atoms with Crippen molar-refractivity contribution < 1.29 is 9.90 Å². The van der Waals surface area contributed by atoms with Crippen LogP contribution in [0, 0.1) is 0 Å². The van der Waals surface area contributed by atoms with Gasteiger partial charge in [-0.1, -0.05) is 19.1 Å². The maximum atomic E-state index is 11.5. The Kier molecular flexibility index (Phi) is 6.00. The molecule has 1 rings (SSSR count). The first kappa shape index (κ1) is 14.0. The highest BCUT2D eigenvalue weighted by Crippen LogP contribution is 2.20. The Morgan fingerprint density at radius 3 is 2.82 bits per heavy atom. The molecule has 0 radical (unpaired) electrons. The number of halogens is 1. The van der Waals surface area contributed by atoms with Crippen molar-refractivity contribution in [3.8, 4) is 0 Å². The van der Waals surface area contributed by atoms with E-state index >= 15 is 0 Å². The van der Waals surface area contributed by atoms with E-state index in [1.807, 2.05) is 31.2 Å². The quantitative estimate of drug-likeness (QED) is 0.783. The summed E-state index contributed by atoms with van der Waals surface area (Å²) < 4.78 is 0.837. The van der Waals surface area contributed by atoms with Crippen LogP contribution in [0.1, 0.15) is 19.8 Å². The van der Waals surface area contributed by atoms with E-state index in [2.05, 4.69) is 26.6 Å². The lowest BCUT2D eigenvalue weighted by Crippen LogP contribution is -2.31. The minimum atomic E-state index is -0.348. The number of anilines is 1. The summed E-state index contributed by atoms with van der Waals surface area (Å²) in [6, 6.07) is 7.13. The number of carbonyl (C=O) groups excluding carboxylic acids is 1. The van der Waals surface area contributed by atoms with Crippen molar-refractivity contribution in [1.29, 1.82) is 0 Å². The van der Waals surface area contributed by atoms with Crippen LogP contribution in [0.25, 0.3) is 0 Å². The van der Waals surface area contributed by atoms with E-state index in [4.69, 9.17) is 0 Å². The van der Waals surface area contributed by atoms with Gasteiger partial charge in [-0.05, 0) is 40.9 Å². The number of amides is 2. The van der Waals surface area contributed by atoms with E-state index in [-0.39, 0.29) is 12.1 Å². The van der Waals surface area contributed by atoms with Crippen LogP contribution in [0.2, 0.25) is 0 Å². The molecule has 1 aromatic rings. The van der Waals surface area contributed by atoms with Gasteiger partial charge in [0.1, 0.15) is 0 Å². The highest BCUT2D eigenvalue weighted by Gasteiger charge is 2.05. The average molecular weight is 301 g/mol. The second kappa shape index (κ2) is 7.29. The zero-order valence-corrected chi connectivity index (χ0v) is 11.3. The van der Waals surface area contributed by atoms with Crippen LogP contribution >= 0.6 is 15.9 Å². The molecule has 0 spiro atoms. The molecular formula is C12H17BrN2O2. The van der Waals surface area contributed by atoms with Gasteiger partial charge in [0.05, 0.1) is 11.8 Å². The largest absolute Gasteiger partial charge is 0.393 e. The lowest BCUT2D eigenvalue weighted by molar-refractivity contribution is 0.160. The number of carbonyl (C=O) groups is 1. The predicted octanol–water partition coefficient (Wildman–Crippen LogP) is 2.73. The Morgan fingerprint density at radius 1 is 1.47 bits per heavy atom. The highest BCUT2D eigenvalue weighted by atomic mass is 79.9. The van der Waals surface area contributed by atoms with Crippen LogP contribution in [0.4, 0.5) is 10.5 Å². The van der Waals surface area contributed by atoms with Crippen molar-refractivity contribution in [1.82, 2.24) is 5.32 Å². The van der Waals surface area contributed by atoms with E-state index in [9.17, 15) is 9.90 Å². The molecule has 0 aliphatic rings. The summed E-state index contributed by atoms with van der Waals surface area (Å²) in [4.78, 5) is 11.5. The summed E-state index contributed by atoms with van der Waals surface area (Å²) in [5, 5.41) is 14.7. The third kappa shape index (κ3) is 5.19. The summed E-state index contributed by atoms with van der Waals surface area (Å²) in [6.45, 7) is 2.37. The lowest BCUT2D eigenvalue weighted by atomic mass is 10.2. The number of nitrogens with one attached hydrogen (secondary N) is 2. The number of para-hydroxylation sites is 1. The zero-order chi connectivity index (χ0) is 12.7. The molecule has 0 aliphatic carbocycles. The number of aliphatic hydroxyl groups is 1. The molecule has 0 aliphatic heterocycles. The first-order valence-corrected chi connectivity index (χ1v) is 6.40. The van der Waals surface area contributed by atoms with Gasteiger partial charge in [-0.15, -0.1) is 0 Å². The van der Waals surface area contributed by atoms with Crippen LogP contribution in [-0.4, -0.2) is 23.8 Å². The standard InChI is InChI=1S/C12H17BrN2O2/c1-2-9(16)7-8-14-12(17)15-11-6-4-3-5-10(11)13/h3-6,9,16H,2,7-8H2,1H3,(H2,14,15,17). The summed E-state index contributed by atoms with van der Waals surface area (Å²) in [7, 11) is 0. The van der Waals surface area contributed by atoms with Crippen LogP contribution in [0.15, 0.2) is 28.7 Å². The Balaban J connectivity index is 2.33. The maximum absolute atomic E-state index is 11.5. The molecule has 3 N–H and O–H groups in total. The third-order valence-corrected chi connectivity index (χ3v) is 3.05. The Labute approximate surface area is 110 Å². The topological polar surface area (TPSA) is 61.4 Å². The van der Waals surface area contributed by atoms with Gasteiger partial charge in [-0.25, -0.2) is 4.79 Å². The number of urea groups is 1. The van der Waals surface area contributed by atoms with E-state index in [0.717, 1.165) is 10.2 Å². The first-order chi connectivity index (χ1) is 8.13. The Hall–Kier alpha value is -1.07. The molecule has 5 heteroatoms. The second-order valence-electron chi connectivity index (χ2n) is 3.71. The van der Waals surface area contributed by atoms with Gasteiger partial charge in [0, 0.05) is 11.0 Å². The molecule has 94 valence electrons. The molecule has 0 saturated carbocycles. The van der Waals surface area contributed by atoms with Gasteiger partial charge in [0.2, 0.25) is 0 Å². The predicted molar refractivity (Wildman–Crippen MR) is 72.1 cm³/mol. The molecule has 1 atom stereocenters. The van der Waals surface area contributed by atoms with E-state index in [1.54, 1.807) is 0 Å². The number of rotatable bonds is 5. The number of aliphatic hydroxyl groups excluding tert-OH is 1. The molecule has 0 saturated heterocycles. The molecule has 2 amide bonds. The van der Waals surface area contributed by atoms with Gasteiger partial charge < -0.3 is 15.7 Å². The molecule has 17 heavy (non-hydrogen) atoms. The molecule has 0 aromatic heterocycles. The molecular weight excluding hydrogens is 284 g/mol. The van der Waals surface area contributed by atoms with Crippen molar-refractivity contribution >= 4 is 27.6 Å². The minimum absolute atomic E-state index is 0.264. The lowest BCUT2D eigenvalue weighted by Gasteiger charge is -2.10. The molecule has 0 fully saturated rings. The van der Waals surface area contributed by atoms with Crippen molar-refractivity contribution in [3.63, 3.8) is 0 Å². The monoisotopic (exact) mass is 300 g/mol. The molecule has 0 bridgehead atoms. The zero-order valence-electron chi connectivity index (χ0n) is 9.74. The summed E-state index contributed by atoms with van der Waals surface area (Å²) in [5.74, 6) is 0. The van der Waals surface area contributed by atoms with E-state index < -0.39 is 0 Å². The summed E-state index contributed by atoms with van der Waals surface area (Å²) >= 11 is 3.34. The maximum Gasteiger partial charge on any atom is 0.319 e. The van der Waals surface area contributed by atoms with Gasteiger partial charge >= 0.3 is 6.03 Å². The number of hydrogen-bond acceptors (Lipinski definition) is 2. The normalized spacial score (nSPS) is 11.9. The fourth-order valence-corrected chi connectivity index (χ4v) is 1.67. The molecule has 0 heterocycles. The van der Waals surface area contributed by atoms with Crippen LogP contribution in [0.3, 0.4) is 0 Å². The Bertz CT molecular complexity index is 371. The van der Waals surface area contributed by atoms with Gasteiger partial charge in [0.25, 0.3) is 0 Å². The summed E-state index contributed by atoms with van der Waals surface area (Å²) in [6.07, 6.45) is 0.923. The van der Waals surface area contributed by atoms with Gasteiger partial charge in [-0.2, -0.15) is 0 Å².